The van der Waals surface area contributed by atoms with Crippen LogP contribution < -0.4 is 10.5 Å². The van der Waals surface area contributed by atoms with Crippen LogP contribution in [-0.4, -0.2) is 39.8 Å². The second kappa shape index (κ2) is 7.44. The van der Waals surface area contributed by atoms with Crippen molar-refractivity contribution in [3.05, 3.63) is 58.5 Å². The fraction of sp³-hybridized carbons (Fsp3) is 0.400. The Labute approximate surface area is 157 Å². The number of benzene rings is 1. The molecule has 1 aliphatic heterocycles. The Bertz CT molecular complexity index is 1020. The van der Waals surface area contributed by atoms with Crippen LogP contribution >= 0.6 is 0 Å². The van der Waals surface area contributed by atoms with Crippen LogP contribution in [0.4, 0.5) is 5.82 Å². The Kier molecular flexibility index (Phi) is 4.85. The number of aromatic nitrogens is 4. The summed E-state index contributed by atoms with van der Waals surface area (Å²) in [7, 11) is 1.64. The lowest BCUT2D eigenvalue weighted by Gasteiger charge is -2.27. The highest BCUT2D eigenvalue weighted by Gasteiger charge is 2.31. The third-order valence-electron chi connectivity index (χ3n) is 5.04. The Hall–Kier alpha value is -2.80. The second-order valence-corrected chi connectivity index (χ2v) is 6.81. The maximum Gasteiger partial charge on any atom is 0.261 e. The van der Waals surface area contributed by atoms with Gasteiger partial charge in [0.1, 0.15) is 18.0 Å². The fourth-order valence-corrected chi connectivity index (χ4v) is 3.75. The zero-order valence-electron chi connectivity index (χ0n) is 15.6. The van der Waals surface area contributed by atoms with E-state index in [1.807, 2.05) is 37.3 Å². The lowest BCUT2D eigenvalue weighted by molar-refractivity contribution is 0.184. The van der Waals surface area contributed by atoms with Crippen LogP contribution in [0, 0.1) is 6.92 Å². The van der Waals surface area contributed by atoms with Crippen molar-refractivity contribution < 1.29 is 4.74 Å². The summed E-state index contributed by atoms with van der Waals surface area (Å²) in [5.74, 6) is 1.66. The van der Waals surface area contributed by atoms with Gasteiger partial charge in [-0.2, -0.15) is 0 Å². The Balaban J connectivity index is 1.84. The third kappa shape index (κ3) is 3.30. The van der Waals surface area contributed by atoms with Crippen molar-refractivity contribution in [3.8, 4) is 0 Å². The first-order valence-corrected chi connectivity index (χ1v) is 9.22. The van der Waals surface area contributed by atoms with Gasteiger partial charge in [0, 0.05) is 25.4 Å². The molecule has 27 heavy (non-hydrogen) atoms. The lowest BCUT2D eigenvalue weighted by Crippen LogP contribution is -2.33. The average Bonchev–Trinajstić information content (AvgIpc) is 3.17. The molecule has 2 aromatic heterocycles. The molecule has 140 valence electrons. The number of nitrogens with zero attached hydrogens (tertiary/aromatic N) is 5. The highest BCUT2D eigenvalue weighted by atomic mass is 16.5. The molecular weight excluding hydrogens is 342 g/mol. The van der Waals surface area contributed by atoms with Crippen LogP contribution in [0.5, 0.6) is 0 Å². The molecule has 7 nitrogen and oxygen atoms in total. The number of fused-ring (bicyclic) bond motifs is 1. The van der Waals surface area contributed by atoms with Crippen LogP contribution in [0.2, 0.25) is 0 Å². The normalized spacial score (nSPS) is 17.0. The van der Waals surface area contributed by atoms with Crippen LogP contribution in [0.3, 0.4) is 0 Å². The van der Waals surface area contributed by atoms with E-state index in [1.165, 1.54) is 0 Å². The minimum absolute atomic E-state index is 0.00784. The summed E-state index contributed by atoms with van der Waals surface area (Å²) in [4.78, 5) is 28.9. The summed E-state index contributed by atoms with van der Waals surface area (Å²) in [6.07, 6.45) is 3.55. The molecule has 4 rings (SSSR count). The van der Waals surface area contributed by atoms with E-state index in [4.69, 9.17) is 9.72 Å². The maximum atomic E-state index is 13.1. The van der Waals surface area contributed by atoms with Gasteiger partial charge in [0.15, 0.2) is 0 Å². The molecule has 1 aromatic carbocycles. The summed E-state index contributed by atoms with van der Waals surface area (Å²) in [6.45, 7) is 3.79. The van der Waals surface area contributed by atoms with Gasteiger partial charge >= 0.3 is 0 Å². The molecule has 3 heterocycles. The number of ether oxygens (including phenoxy) is 1. The summed E-state index contributed by atoms with van der Waals surface area (Å²) in [5, 5.41) is 0.639. The first-order valence-electron chi connectivity index (χ1n) is 9.22. The van der Waals surface area contributed by atoms with Gasteiger partial charge in [0.25, 0.3) is 5.56 Å². The summed E-state index contributed by atoms with van der Waals surface area (Å²) in [6, 6.07) is 9.51. The van der Waals surface area contributed by atoms with Crippen molar-refractivity contribution in [2.45, 2.75) is 32.4 Å². The standard InChI is InChI=1S/C20H23N5O2/c1-14-12-18(22-13-21-14)24-9-5-8-17(24)19-23-16-7-4-3-6-15(16)20(26)25(19)10-11-27-2/h3-4,6-7,12-13,17H,5,8-11H2,1-2H3. The van der Waals surface area contributed by atoms with Crippen molar-refractivity contribution in [1.29, 1.82) is 0 Å². The summed E-state index contributed by atoms with van der Waals surface area (Å²) < 4.78 is 7.00. The number of rotatable bonds is 5. The Morgan fingerprint density at radius 2 is 2.11 bits per heavy atom. The minimum atomic E-state index is -0.0154. The molecular formula is C20H23N5O2. The van der Waals surface area contributed by atoms with Crippen LogP contribution in [0.15, 0.2) is 41.5 Å². The molecule has 0 bridgehead atoms. The molecule has 0 N–H and O–H groups in total. The van der Waals surface area contributed by atoms with Gasteiger partial charge in [0.2, 0.25) is 0 Å². The summed E-state index contributed by atoms with van der Waals surface area (Å²) >= 11 is 0. The maximum absolute atomic E-state index is 13.1. The highest BCUT2D eigenvalue weighted by molar-refractivity contribution is 5.77. The zero-order chi connectivity index (χ0) is 18.8. The number of hydrogen-bond acceptors (Lipinski definition) is 6. The number of methoxy groups -OCH3 is 1. The number of hydrogen-bond donors (Lipinski definition) is 0. The molecule has 0 aliphatic carbocycles. The van der Waals surface area contributed by atoms with Crippen molar-refractivity contribution in [2.24, 2.45) is 0 Å². The van der Waals surface area contributed by atoms with Crippen molar-refractivity contribution in [2.75, 3.05) is 25.2 Å². The monoisotopic (exact) mass is 365 g/mol. The zero-order valence-corrected chi connectivity index (χ0v) is 15.6. The Morgan fingerprint density at radius 3 is 2.93 bits per heavy atom. The minimum Gasteiger partial charge on any atom is -0.383 e. The van der Waals surface area contributed by atoms with E-state index in [0.29, 0.717) is 18.5 Å². The predicted molar refractivity (Wildman–Crippen MR) is 104 cm³/mol. The van der Waals surface area contributed by atoms with Crippen molar-refractivity contribution in [1.82, 2.24) is 19.5 Å². The van der Waals surface area contributed by atoms with Crippen LogP contribution in [0.25, 0.3) is 10.9 Å². The van der Waals surface area contributed by atoms with Gasteiger partial charge < -0.3 is 9.64 Å². The van der Waals surface area contributed by atoms with Gasteiger partial charge in [-0.15, -0.1) is 0 Å². The van der Waals surface area contributed by atoms with Crippen LogP contribution in [0.1, 0.15) is 30.4 Å². The van der Waals surface area contributed by atoms with Gasteiger partial charge in [0.05, 0.1) is 30.1 Å². The molecule has 3 aromatic rings. The highest BCUT2D eigenvalue weighted by Crippen LogP contribution is 2.34. The van der Waals surface area contributed by atoms with Crippen molar-refractivity contribution in [3.63, 3.8) is 0 Å². The molecule has 0 amide bonds. The molecule has 0 spiro atoms. The molecule has 0 radical (unpaired) electrons. The molecule has 1 fully saturated rings. The second-order valence-electron chi connectivity index (χ2n) is 6.81. The van der Waals surface area contributed by atoms with Gasteiger partial charge in [-0.3, -0.25) is 9.36 Å². The predicted octanol–water partition coefficient (Wildman–Crippen LogP) is 2.48. The van der Waals surface area contributed by atoms with E-state index < -0.39 is 0 Å². The van der Waals surface area contributed by atoms with E-state index >= 15 is 0 Å². The number of aryl methyl sites for hydroxylation is 1. The third-order valence-corrected chi connectivity index (χ3v) is 5.04. The topological polar surface area (TPSA) is 73.1 Å². The van der Waals surface area contributed by atoms with Gasteiger partial charge in [-0.25, -0.2) is 15.0 Å². The quantitative estimate of drug-likeness (QED) is 0.692. The summed E-state index contributed by atoms with van der Waals surface area (Å²) in [5.41, 5.74) is 1.64. The molecule has 1 saturated heterocycles. The largest absolute Gasteiger partial charge is 0.383 e. The first-order chi connectivity index (χ1) is 13.2. The lowest BCUT2D eigenvalue weighted by atomic mass is 10.1. The van der Waals surface area contributed by atoms with E-state index in [0.717, 1.165) is 42.2 Å². The van der Waals surface area contributed by atoms with E-state index in [9.17, 15) is 4.79 Å². The van der Waals surface area contributed by atoms with Gasteiger partial charge in [-0.05, 0) is 31.9 Å². The number of anilines is 1. The van der Waals surface area contributed by atoms with Crippen molar-refractivity contribution >= 4 is 16.7 Å². The smallest absolute Gasteiger partial charge is 0.261 e. The molecule has 7 heteroatoms. The SMILES string of the molecule is COCCn1c(C2CCCN2c2cc(C)ncn2)nc2ccccc2c1=O. The molecule has 1 unspecified atom stereocenters. The van der Waals surface area contributed by atoms with E-state index in [2.05, 4.69) is 14.9 Å². The number of para-hydroxylation sites is 1. The van der Waals surface area contributed by atoms with Gasteiger partial charge in [-0.1, -0.05) is 12.1 Å². The first kappa shape index (κ1) is 17.6. The van der Waals surface area contributed by atoms with Crippen LogP contribution in [-0.2, 0) is 11.3 Å². The van der Waals surface area contributed by atoms with E-state index in [1.54, 1.807) is 18.0 Å². The van der Waals surface area contributed by atoms with E-state index in [-0.39, 0.29) is 11.6 Å². The fourth-order valence-electron chi connectivity index (χ4n) is 3.75. The molecule has 1 aliphatic rings. The molecule has 1 atom stereocenters. The Morgan fingerprint density at radius 1 is 1.26 bits per heavy atom. The average molecular weight is 365 g/mol. The molecule has 0 saturated carbocycles.